The molecule has 0 saturated carbocycles. The molecule has 2 amide bonds. The van der Waals surface area contributed by atoms with E-state index in [-0.39, 0.29) is 11.8 Å². The lowest BCUT2D eigenvalue weighted by molar-refractivity contribution is -0.127. The minimum absolute atomic E-state index is 0.104. The first-order chi connectivity index (χ1) is 3.73. The summed E-state index contributed by atoms with van der Waals surface area (Å²) in [7, 11) is 0. The standard InChI is InChI=1S/C5H3NO2/c1-2-3-5(8)6(3)4(2)7/h1H3. The molecule has 8 heavy (non-hydrogen) atoms. The Labute approximate surface area is 45.6 Å². The molecule has 0 N–H and O–H groups in total. The molecule has 1 saturated heterocycles. The fourth-order valence-corrected chi connectivity index (χ4v) is 0.887. The first kappa shape index (κ1) is 3.83. The van der Waals surface area contributed by atoms with Crippen LogP contribution in [0.4, 0.5) is 0 Å². The van der Waals surface area contributed by atoms with Crippen molar-refractivity contribution in [2.75, 3.05) is 0 Å². The third-order valence-electron chi connectivity index (χ3n) is 1.46. The number of hydrogen-bond donors (Lipinski definition) is 0. The molecule has 2 aliphatic rings. The number of fused-ring (bicyclic) bond motifs is 1. The Morgan fingerprint density at radius 2 is 1.88 bits per heavy atom. The zero-order valence-electron chi connectivity index (χ0n) is 4.26. The van der Waals surface area contributed by atoms with Gasteiger partial charge in [-0.1, -0.05) is 0 Å². The molecule has 0 aromatic rings. The van der Waals surface area contributed by atoms with Crippen LogP contribution in [0.25, 0.3) is 0 Å². The van der Waals surface area contributed by atoms with E-state index in [2.05, 4.69) is 0 Å². The number of rotatable bonds is 0. The van der Waals surface area contributed by atoms with Gasteiger partial charge in [0, 0.05) is 5.57 Å². The molecule has 3 nitrogen and oxygen atoms in total. The fourth-order valence-electron chi connectivity index (χ4n) is 0.887. The third-order valence-corrected chi connectivity index (χ3v) is 1.46. The van der Waals surface area contributed by atoms with Crippen LogP contribution in [0.2, 0.25) is 0 Å². The van der Waals surface area contributed by atoms with Crippen molar-refractivity contribution < 1.29 is 9.59 Å². The summed E-state index contributed by atoms with van der Waals surface area (Å²) in [6, 6.07) is 0. The van der Waals surface area contributed by atoms with Gasteiger partial charge in [-0.05, 0) is 6.92 Å². The maximum absolute atomic E-state index is 10.5. The molecule has 0 aromatic heterocycles. The Kier molecular flexibility index (Phi) is 0.348. The summed E-state index contributed by atoms with van der Waals surface area (Å²) < 4.78 is 0. The van der Waals surface area contributed by atoms with Gasteiger partial charge in [-0.2, -0.15) is 0 Å². The smallest absolute Gasteiger partial charge is 0.268 e. The average molecular weight is 109 g/mol. The van der Waals surface area contributed by atoms with Gasteiger partial charge in [-0.3, -0.25) is 9.59 Å². The highest BCUT2D eigenvalue weighted by Gasteiger charge is 2.56. The lowest BCUT2D eigenvalue weighted by atomic mass is 10.2. The summed E-state index contributed by atoms with van der Waals surface area (Å²) >= 11 is 0. The third kappa shape index (κ3) is 0.169. The molecule has 0 spiro atoms. The highest BCUT2D eigenvalue weighted by atomic mass is 16.2. The quantitative estimate of drug-likeness (QED) is 0.314. The van der Waals surface area contributed by atoms with E-state index in [0.717, 1.165) is 0 Å². The minimum Gasteiger partial charge on any atom is -0.268 e. The molecule has 0 unspecified atom stereocenters. The van der Waals surface area contributed by atoms with Crippen LogP contribution in [0.5, 0.6) is 0 Å². The lowest BCUT2D eigenvalue weighted by Crippen LogP contribution is -2.18. The van der Waals surface area contributed by atoms with Crippen molar-refractivity contribution in [2.45, 2.75) is 6.92 Å². The molecule has 2 aliphatic heterocycles. The molecule has 2 heterocycles. The maximum Gasteiger partial charge on any atom is 0.283 e. The van der Waals surface area contributed by atoms with Crippen LogP contribution in [-0.4, -0.2) is 16.7 Å². The van der Waals surface area contributed by atoms with E-state index in [1.54, 1.807) is 6.92 Å². The molecule has 0 atom stereocenters. The summed E-state index contributed by atoms with van der Waals surface area (Å²) in [5, 5.41) is 0. The van der Waals surface area contributed by atoms with Gasteiger partial charge >= 0.3 is 0 Å². The van der Waals surface area contributed by atoms with Gasteiger partial charge in [0.05, 0.1) is 0 Å². The van der Waals surface area contributed by atoms with Gasteiger partial charge in [-0.15, -0.1) is 0 Å². The first-order valence-corrected chi connectivity index (χ1v) is 2.33. The Bertz CT molecular complexity index is 239. The number of carbonyl (C=O) groups excluding carboxylic acids is 2. The topological polar surface area (TPSA) is 37.1 Å². The second-order valence-electron chi connectivity index (χ2n) is 1.92. The molecule has 3 heteroatoms. The Balaban J connectivity index is 2.59. The van der Waals surface area contributed by atoms with Gasteiger partial charge in [0.1, 0.15) is 5.70 Å². The van der Waals surface area contributed by atoms with Crippen LogP contribution in [0.3, 0.4) is 0 Å². The first-order valence-electron chi connectivity index (χ1n) is 2.33. The van der Waals surface area contributed by atoms with Gasteiger partial charge in [0.15, 0.2) is 0 Å². The van der Waals surface area contributed by atoms with Gasteiger partial charge in [0.2, 0.25) is 0 Å². The van der Waals surface area contributed by atoms with Crippen LogP contribution in [0.1, 0.15) is 6.92 Å². The summed E-state index contributed by atoms with van der Waals surface area (Å²) in [4.78, 5) is 22.0. The zero-order chi connectivity index (χ0) is 5.89. The second kappa shape index (κ2) is 0.727. The van der Waals surface area contributed by atoms with E-state index >= 15 is 0 Å². The Morgan fingerprint density at radius 3 is 2.00 bits per heavy atom. The largest absolute Gasteiger partial charge is 0.283 e. The second-order valence-corrected chi connectivity index (χ2v) is 1.92. The van der Waals surface area contributed by atoms with Crippen LogP contribution in [0.15, 0.2) is 11.3 Å². The van der Waals surface area contributed by atoms with Crippen molar-refractivity contribution in [3.63, 3.8) is 0 Å². The zero-order valence-corrected chi connectivity index (χ0v) is 4.26. The Morgan fingerprint density at radius 1 is 1.25 bits per heavy atom. The summed E-state index contributed by atoms with van der Waals surface area (Å²) in [6.45, 7) is 1.67. The average Bonchev–Trinajstić information content (AvgIpc) is 2.37. The van der Waals surface area contributed by atoms with Crippen molar-refractivity contribution >= 4 is 11.8 Å². The number of hydrogen-bond acceptors (Lipinski definition) is 2. The lowest BCUT2D eigenvalue weighted by Gasteiger charge is -2.03. The van der Waals surface area contributed by atoms with Crippen molar-refractivity contribution in [3.05, 3.63) is 11.3 Å². The molecular weight excluding hydrogens is 106 g/mol. The number of carbonyl (C=O) groups is 2. The molecule has 1 fully saturated rings. The number of amides is 2. The normalized spacial score (nSPS) is 23.4. The summed E-state index contributed by atoms with van der Waals surface area (Å²) in [5.74, 6) is -0.225. The van der Waals surface area contributed by atoms with Crippen molar-refractivity contribution in [2.24, 2.45) is 0 Å². The fraction of sp³-hybridized carbons (Fsp3) is 0.200. The molecule has 2 rings (SSSR count). The highest BCUT2D eigenvalue weighted by molar-refractivity contribution is 6.34. The van der Waals surface area contributed by atoms with E-state index < -0.39 is 0 Å². The maximum atomic E-state index is 10.5. The van der Waals surface area contributed by atoms with Gasteiger partial charge in [-0.25, -0.2) is 4.90 Å². The highest BCUT2D eigenvalue weighted by Crippen LogP contribution is 2.39. The van der Waals surface area contributed by atoms with E-state index in [9.17, 15) is 9.59 Å². The monoisotopic (exact) mass is 109 g/mol. The van der Waals surface area contributed by atoms with Crippen LogP contribution >= 0.6 is 0 Å². The number of nitrogens with zero attached hydrogens (tertiary/aromatic N) is 1. The Hall–Kier alpha value is -1.12. The molecule has 0 aliphatic carbocycles. The van der Waals surface area contributed by atoms with Crippen molar-refractivity contribution in [1.82, 2.24) is 4.90 Å². The predicted molar refractivity (Wildman–Crippen MR) is 24.6 cm³/mol. The van der Waals surface area contributed by atoms with Crippen molar-refractivity contribution in [1.29, 1.82) is 0 Å². The summed E-state index contributed by atoms with van der Waals surface area (Å²) in [6.07, 6.45) is 0. The minimum atomic E-state index is -0.120. The molecule has 0 radical (unpaired) electrons. The molecule has 40 valence electrons. The predicted octanol–water partition coefficient (Wildman–Crippen LogP) is -0.357. The van der Waals surface area contributed by atoms with Gasteiger partial charge < -0.3 is 0 Å². The van der Waals surface area contributed by atoms with Crippen LogP contribution in [-0.2, 0) is 9.59 Å². The van der Waals surface area contributed by atoms with Crippen LogP contribution in [0, 0.1) is 0 Å². The summed E-state index contributed by atoms with van der Waals surface area (Å²) in [5.41, 5.74) is 1.24. The van der Waals surface area contributed by atoms with E-state index in [1.807, 2.05) is 0 Å². The molecular formula is C5H3NO2. The van der Waals surface area contributed by atoms with Crippen molar-refractivity contribution in [3.8, 4) is 0 Å². The van der Waals surface area contributed by atoms with E-state index in [0.29, 0.717) is 11.3 Å². The van der Waals surface area contributed by atoms with Gasteiger partial charge in [0.25, 0.3) is 11.8 Å². The van der Waals surface area contributed by atoms with E-state index in [4.69, 9.17) is 0 Å². The van der Waals surface area contributed by atoms with Crippen LogP contribution < -0.4 is 0 Å². The van der Waals surface area contributed by atoms with E-state index in [1.165, 1.54) is 4.90 Å². The SMILES string of the molecule is CC1=C2C(=O)N2C1=O. The number of imide groups is 1. The molecule has 0 bridgehead atoms. The molecule has 0 aromatic carbocycles.